The first-order chi connectivity index (χ1) is 16.0. The third kappa shape index (κ3) is 4.76. The molecular formula is C22H27BrN4O5SSi. The van der Waals surface area contributed by atoms with E-state index in [0.717, 1.165) is 16.5 Å². The number of thiazole rings is 1. The van der Waals surface area contributed by atoms with Crippen LogP contribution in [-0.4, -0.2) is 67.7 Å². The zero-order valence-electron chi connectivity index (χ0n) is 19.5. The standard InChI is InChI=1S/C22H27BrN4O5SSi/c1-31-15-6-5-14-10-26(18(28)16(14)9-15)12-22(19-24-17(23)11-33-19)20(29)27(21(30)25-22)13-32-7-8-34(2,3)4/h5-6,9,11H,7-8,10,12-13H2,1-4H3,(H,25,30)/t22-/m0/s1. The van der Waals surface area contributed by atoms with E-state index >= 15 is 0 Å². The fourth-order valence-corrected chi connectivity index (χ4v) is 6.08. The molecule has 1 aromatic heterocycles. The first kappa shape index (κ1) is 24.8. The molecule has 2 aliphatic heterocycles. The molecule has 34 heavy (non-hydrogen) atoms. The SMILES string of the molecule is COc1ccc2c(c1)C(=O)N(C[C@@]1(c3nc(Br)cs3)NC(=O)N(COCC[Si](C)(C)C)C1=O)C2. The van der Waals surface area contributed by atoms with E-state index in [0.29, 0.717) is 34.1 Å². The van der Waals surface area contributed by atoms with Gasteiger partial charge in [0.25, 0.3) is 11.8 Å². The number of nitrogens with zero attached hydrogens (tertiary/aromatic N) is 3. The first-order valence-electron chi connectivity index (χ1n) is 10.8. The van der Waals surface area contributed by atoms with Gasteiger partial charge in [0.2, 0.25) is 0 Å². The molecule has 9 nitrogen and oxygen atoms in total. The van der Waals surface area contributed by atoms with Crippen LogP contribution in [0.3, 0.4) is 0 Å². The average molecular weight is 568 g/mol. The number of halogens is 1. The van der Waals surface area contributed by atoms with E-state index in [4.69, 9.17) is 9.47 Å². The second-order valence-electron chi connectivity index (χ2n) is 9.58. The summed E-state index contributed by atoms with van der Waals surface area (Å²) in [6.45, 7) is 7.31. The summed E-state index contributed by atoms with van der Waals surface area (Å²) in [4.78, 5) is 46.8. The number of benzene rings is 1. The van der Waals surface area contributed by atoms with Gasteiger partial charge in [0.15, 0.2) is 5.54 Å². The van der Waals surface area contributed by atoms with Crippen molar-refractivity contribution in [2.45, 2.75) is 37.8 Å². The zero-order valence-corrected chi connectivity index (χ0v) is 22.9. The van der Waals surface area contributed by atoms with Crippen LogP contribution in [0.25, 0.3) is 0 Å². The molecule has 1 aromatic carbocycles. The van der Waals surface area contributed by atoms with E-state index < -0.39 is 25.6 Å². The Morgan fingerprint density at radius 3 is 2.68 bits per heavy atom. The van der Waals surface area contributed by atoms with Crippen molar-refractivity contribution in [1.29, 1.82) is 0 Å². The van der Waals surface area contributed by atoms with E-state index in [1.807, 2.05) is 6.07 Å². The molecule has 1 N–H and O–H groups in total. The lowest BCUT2D eigenvalue weighted by Crippen LogP contribution is -2.53. The van der Waals surface area contributed by atoms with E-state index in [1.54, 1.807) is 29.5 Å². The van der Waals surface area contributed by atoms with Gasteiger partial charge >= 0.3 is 6.03 Å². The van der Waals surface area contributed by atoms with Gasteiger partial charge in [-0.1, -0.05) is 25.7 Å². The third-order valence-electron chi connectivity index (χ3n) is 5.86. The molecule has 2 aliphatic rings. The quantitative estimate of drug-likeness (QED) is 0.282. The minimum absolute atomic E-state index is 0.0429. The minimum Gasteiger partial charge on any atom is -0.497 e. The molecule has 12 heteroatoms. The van der Waals surface area contributed by atoms with Gasteiger partial charge in [-0.25, -0.2) is 14.7 Å². The number of nitrogens with one attached hydrogen (secondary N) is 1. The van der Waals surface area contributed by atoms with Crippen LogP contribution in [0.15, 0.2) is 28.2 Å². The molecule has 0 aliphatic carbocycles. The number of hydrogen-bond donors (Lipinski definition) is 1. The number of carbonyl (C=O) groups excluding carboxylic acids is 3. The maximum absolute atomic E-state index is 13.7. The molecule has 0 unspecified atom stereocenters. The molecule has 182 valence electrons. The van der Waals surface area contributed by atoms with E-state index in [2.05, 4.69) is 45.9 Å². The van der Waals surface area contributed by atoms with Crippen LogP contribution >= 0.6 is 27.3 Å². The molecule has 0 spiro atoms. The highest BCUT2D eigenvalue weighted by atomic mass is 79.9. The number of ether oxygens (including phenoxy) is 2. The fourth-order valence-electron chi connectivity index (χ4n) is 3.93. The van der Waals surface area contributed by atoms with E-state index in [9.17, 15) is 14.4 Å². The highest BCUT2D eigenvalue weighted by molar-refractivity contribution is 9.10. The number of urea groups is 1. The van der Waals surface area contributed by atoms with Crippen molar-refractivity contribution in [1.82, 2.24) is 20.1 Å². The number of carbonyl (C=O) groups is 3. The topological polar surface area (TPSA) is 101 Å². The number of aromatic nitrogens is 1. The molecule has 1 fully saturated rings. The summed E-state index contributed by atoms with van der Waals surface area (Å²) in [6, 6.07) is 5.69. The van der Waals surface area contributed by atoms with Crippen LogP contribution < -0.4 is 10.1 Å². The smallest absolute Gasteiger partial charge is 0.327 e. The summed E-state index contributed by atoms with van der Waals surface area (Å²) in [5.74, 6) is -0.121. The Balaban J connectivity index is 1.58. The zero-order chi connectivity index (χ0) is 24.7. The molecule has 1 atom stereocenters. The molecule has 0 saturated carbocycles. The Kier molecular flexibility index (Phi) is 6.87. The van der Waals surface area contributed by atoms with Crippen molar-refractivity contribution in [2.24, 2.45) is 0 Å². The molecule has 0 bridgehead atoms. The Labute approximate surface area is 211 Å². The normalized spacial score (nSPS) is 20.2. The number of amides is 4. The summed E-state index contributed by atoms with van der Waals surface area (Å²) >= 11 is 4.58. The van der Waals surface area contributed by atoms with Crippen molar-refractivity contribution in [3.63, 3.8) is 0 Å². The number of hydrogen-bond acceptors (Lipinski definition) is 7. The van der Waals surface area contributed by atoms with Crippen LogP contribution in [-0.2, 0) is 21.6 Å². The predicted octanol–water partition coefficient (Wildman–Crippen LogP) is 3.63. The van der Waals surface area contributed by atoms with Crippen molar-refractivity contribution in [2.75, 3.05) is 27.0 Å². The van der Waals surface area contributed by atoms with E-state index in [1.165, 1.54) is 11.3 Å². The molecule has 1 saturated heterocycles. The van der Waals surface area contributed by atoms with E-state index in [-0.39, 0.29) is 19.2 Å². The summed E-state index contributed by atoms with van der Waals surface area (Å²) in [5, 5.41) is 4.98. The molecule has 0 radical (unpaired) electrons. The van der Waals surface area contributed by atoms with Gasteiger partial charge in [-0.3, -0.25) is 9.59 Å². The first-order valence-corrected chi connectivity index (χ1v) is 16.2. The minimum atomic E-state index is -1.49. The Morgan fingerprint density at radius 1 is 1.26 bits per heavy atom. The molecule has 4 amide bonds. The predicted molar refractivity (Wildman–Crippen MR) is 134 cm³/mol. The monoisotopic (exact) mass is 566 g/mol. The van der Waals surface area contributed by atoms with Crippen LogP contribution in [0.2, 0.25) is 25.7 Å². The average Bonchev–Trinajstić information content (AvgIpc) is 3.41. The van der Waals surface area contributed by atoms with Gasteiger partial charge in [0, 0.05) is 32.2 Å². The maximum Gasteiger partial charge on any atom is 0.327 e. The summed E-state index contributed by atoms with van der Waals surface area (Å²) < 4.78 is 11.5. The molecule has 2 aromatic rings. The Bertz CT molecular complexity index is 1140. The summed E-state index contributed by atoms with van der Waals surface area (Å²) in [5.41, 5.74) is -0.125. The number of fused-ring (bicyclic) bond motifs is 1. The fraction of sp³-hybridized carbons (Fsp3) is 0.455. The lowest BCUT2D eigenvalue weighted by Gasteiger charge is -2.29. The maximum atomic E-state index is 13.7. The number of rotatable bonds is 9. The Morgan fingerprint density at radius 2 is 2.03 bits per heavy atom. The Hall–Kier alpha value is -2.28. The van der Waals surface area contributed by atoms with Crippen LogP contribution in [0.5, 0.6) is 5.75 Å². The van der Waals surface area contributed by atoms with Crippen LogP contribution in [0, 0.1) is 0 Å². The van der Waals surface area contributed by atoms with Gasteiger partial charge in [0.05, 0.1) is 13.7 Å². The summed E-state index contributed by atoms with van der Waals surface area (Å²) in [7, 11) is 0.231. The lowest BCUT2D eigenvalue weighted by atomic mass is 9.99. The molecule has 4 rings (SSSR count). The highest BCUT2D eigenvalue weighted by Gasteiger charge is 2.56. The van der Waals surface area contributed by atoms with Crippen LogP contribution in [0.4, 0.5) is 4.79 Å². The number of methoxy groups -OCH3 is 1. The van der Waals surface area contributed by atoms with Gasteiger partial charge in [0.1, 0.15) is 22.1 Å². The number of imide groups is 1. The van der Waals surface area contributed by atoms with Crippen molar-refractivity contribution < 1.29 is 23.9 Å². The highest BCUT2D eigenvalue weighted by Crippen LogP contribution is 2.36. The van der Waals surface area contributed by atoms with Crippen molar-refractivity contribution >= 4 is 53.2 Å². The van der Waals surface area contributed by atoms with Crippen molar-refractivity contribution in [3.05, 3.63) is 44.3 Å². The van der Waals surface area contributed by atoms with Gasteiger partial charge in [-0.15, -0.1) is 11.3 Å². The molecule has 3 heterocycles. The second-order valence-corrected chi connectivity index (χ2v) is 16.9. The van der Waals surface area contributed by atoms with Crippen molar-refractivity contribution in [3.8, 4) is 5.75 Å². The third-order valence-corrected chi connectivity index (χ3v) is 9.28. The van der Waals surface area contributed by atoms with Gasteiger partial charge in [-0.05, 0) is 39.7 Å². The molecular weight excluding hydrogens is 540 g/mol. The van der Waals surface area contributed by atoms with Gasteiger partial charge < -0.3 is 19.7 Å². The second kappa shape index (κ2) is 9.40. The summed E-state index contributed by atoms with van der Waals surface area (Å²) in [6.07, 6.45) is 0. The largest absolute Gasteiger partial charge is 0.497 e. The van der Waals surface area contributed by atoms with Crippen LogP contribution in [0.1, 0.15) is 20.9 Å². The van der Waals surface area contributed by atoms with Gasteiger partial charge in [-0.2, -0.15) is 0 Å². The lowest BCUT2D eigenvalue weighted by molar-refractivity contribution is -0.135.